The topological polar surface area (TPSA) is 65.0 Å². The van der Waals surface area contributed by atoms with Crippen molar-refractivity contribution < 1.29 is 23.8 Å². The molecule has 0 fully saturated rings. The van der Waals surface area contributed by atoms with Gasteiger partial charge in [0.2, 0.25) is 0 Å². The fourth-order valence-corrected chi connectivity index (χ4v) is 4.90. The van der Waals surface area contributed by atoms with E-state index in [0.29, 0.717) is 19.6 Å². The van der Waals surface area contributed by atoms with Crippen molar-refractivity contribution in [2.45, 2.75) is 96.1 Å². The molecule has 36 heavy (non-hydrogen) atoms. The first-order valence-electron chi connectivity index (χ1n) is 13.1. The average molecular weight is 513 g/mol. The molecule has 1 aliphatic rings. The van der Waals surface area contributed by atoms with Gasteiger partial charge in [-0.1, -0.05) is 63.0 Å². The second kappa shape index (κ2) is 13.8. The monoisotopic (exact) mass is 512 g/mol. The van der Waals surface area contributed by atoms with Gasteiger partial charge in [0.1, 0.15) is 24.1 Å². The van der Waals surface area contributed by atoms with E-state index >= 15 is 0 Å². The first kappa shape index (κ1) is 29.9. The predicted octanol–water partition coefficient (Wildman–Crippen LogP) is 6.59. The maximum Gasteiger partial charge on any atom is 0.330 e. The van der Waals surface area contributed by atoms with E-state index in [2.05, 4.69) is 51.8 Å². The van der Waals surface area contributed by atoms with E-state index in [1.807, 2.05) is 36.4 Å². The Hall–Kier alpha value is -2.33. The molecule has 0 radical (unpaired) electrons. The number of ether oxygens (including phenoxy) is 2. The highest BCUT2D eigenvalue weighted by atomic mass is 28.4. The van der Waals surface area contributed by atoms with Crippen LogP contribution in [0.2, 0.25) is 18.1 Å². The molecule has 1 aromatic rings. The lowest BCUT2D eigenvalue weighted by Crippen LogP contribution is -2.45. The number of carbonyl (C=O) groups is 1. The van der Waals surface area contributed by atoms with E-state index in [1.165, 1.54) is 6.08 Å². The number of benzene rings is 1. The summed E-state index contributed by atoms with van der Waals surface area (Å²) in [6, 6.07) is 9.68. The second-order valence-corrected chi connectivity index (χ2v) is 15.5. The van der Waals surface area contributed by atoms with E-state index < -0.39 is 20.0 Å². The van der Waals surface area contributed by atoms with Crippen LogP contribution in [0.3, 0.4) is 0 Å². The van der Waals surface area contributed by atoms with Crippen LogP contribution in [0.15, 0.2) is 54.1 Å². The quantitative estimate of drug-likeness (QED) is 0.0855. The molecule has 5 nitrogen and oxygen atoms in total. The molecule has 6 heteroatoms. The molecule has 2 rings (SSSR count). The number of carbonyl (C=O) groups excluding carboxylic acids is 1. The Labute approximate surface area is 219 Å². The van der Waals surface area contributed by atoms with Gasteiger partial charge in [0, 0.05) is 6.08 Å². The minimum absolute atomic E-state index is 0.0384. The van der Waals surface area contributed by atoms with Gasteiger partial charge in [-0.15, -0.1) is 0 Å². The molecule has 198 valence electrons. The number of hydrogen-bond donors (Lipinski definition) is 1. The number of hydrogen-bond acceptors (Lipinski definition) is 5. The third-order valence-corrected chi connectivity index (χ3v) is 11.3. The summed E-state index contributed by atoms with van der Waals surface area (Å²) in [5.74, 6) is 6.91. The lowest BCUT2D eigenvalue weighted by atomic mass is 9.92. The molecule has 0 spiro atoms. The number of unbranched alkanes of at least 4 members (excludes halogenated alkanes) is 2. The highest BCUT2D eigenvalue weighted by Crippen LogP contribution is 2.38. The maximum atomic E-state index is 11.4. The Kier molecular flexibility index (Phi) is 11.5. The van der Waals surface area contributed by atoms with E-state index in [4.69, 9.17) is 13.9 Å². The van der Waals surface area contributed by atoms with E-state index in [1.54, 1.807) is 6.92 Å². The Morgan fingerprint density at radius 1 is 1.22 bits per heavy atom. The minimum atomic E-state index is -2.09. The molecule has 0 saturated carbocycles. The van der Waals surface area contributed by atoms with Crippen molar-refractivity contribution in [3.05, 3.63) is 54.1 Å². The number of para-hydroxylation sites is 1. The van der Waals surface area contributed by atoms with Crippen molar-refractivity contribution in [1.82, 2.24) is 0 Å². The lowest BCUT2D eigenvalue weighted by molar-refractivity contribution is -0.137. The molecule has 0 aliphatic heterocycles. The van der Waals surface area contributed by atoms with E-state index in [-0.39, 0.29) is 11.0 Å². The predicted molar refractivity (Wildman–Crippen MR) is 148 cm³/mol. The van der Waals surface area contributed by atoms with Gasteiger partial charge >= 0.3 is 5.97 Å². The Bertz CT molecular complexity index is 949. The van der Waals surface area contributed by atoms with Gasteiger partial charge in [-0.05, 0) is 81.3 Å². The zero-order chi connectivity index (χ0) is 26.7. The van der Waals surface area contributed by atoms with Gasteiger partial charge in [0.15, 0.2) is 8.32 Å². The minimum Gasteiger partial charge on any atom is -0.490 e. The summed E-state index contributed by atoms with van der Waals surface area (Å²) < 4.78 is 17.5. The number of allylic oxidation sites excluding steroid dienone is 2. The molecule has 0 aromatic heterocycles. The summed E-state index contributed by atoms with van der Waals surface area (Å²) in [5.41, 5.74) is -0.137. The van der Waals surface area contributed by atoms with Gasteiger partial charge in [-0.25, -0.2) is 4.79 Å². The van der Waals surface area contributed by atoms with Gasteiger partial charge in [0.05, 0.1) is 6.61 Å². The smallest absolute Gasteiger partial charge is 0.330 e. The fraction of sp³-hybridized carbons (Fsp3) is 0.567. The average Bonchev–Trinajstić information content (AvgIpc) is 3.18. The summed E-state index contributed by atoms with van der Waals surface area (Å²) in [5, 5.41) is 11.4. The van der Waals surface area contributed by atoms with Crippen molar-refractivity contribution in [2.24, 2.45) is 0 Å². The molecule has 1 aromatic carbocycles. The van der Waals surface area contributed by atoms with Gasteiger partial charge < -0.3 is 19.0 Å². The zero-order valence-electron chi connectivity index (χ0n) is 22.9. The van der Waals surface area contributed by atoms with Crippen LogP contribution < -0.4 is 4.74 Å². The molecule has 0 amide bonds. The summed E-state index contributed by atoms with van der Waals surface area (Å²) in [7, 11) is -2.09. The van der Waals surface area contributed by atoms with Crippen molar-refractivity contribution >= 4 is 14.3 Å². The highest BCUT2D eigenvalue weighted by molar-refractivity contribution is 6.74. The molecule has 1 aliphatic carbocycles. The van der Waals surface area contributed by atoms with Crippen LogP contribution >= 0.6 is 0 Å². The third kappa shape index (κ3) is 9.61. The summed E-state index contributed by atoms with van der Waals surface area (Å²) in [6.45, 7) is 13.5. The van der Waals surface area contributed by atoms with Crippen LogP contribution in [-0.2, 0) is 14.0 Å². The standard InChI is InChI=1S/C30H44O5Si/c1-7-33-28(31)20-14-9-8-11-16-25-17-15-22-30(25,32)23-21-27(35-36(5,6)29(2,3)4)24-34-26-18-12-10-13-19-26/h10,12-14,17-20,27,32H,7-9,11,15-16,22,24H2,1-6H3. The van der Waals surface area contributed by atoms with Gasteiger partial charge in [-0.3, -0.25) is 0 Å². The van der Waals surface area contributed by atoms with Crippen LogP contribution in [0.25, 0.3) is 0 Å². The lowest BCUT2D eigenvalue weighted by Gasteiger charge is -2.38. The van der Waals surface area contributed by atoms with Crippen LogP contribution in [-0.4, -0.2) is 44.3 Å². The summed E-state index contributed by atoms with van der Waals surface area (Å²) >= 11 is 0. The van der Waals surface area contributed by atoms with Crippen LogP contribution in [0, 0.1) is 11.8 Å². The largest absolute Gasteiger partial charge is 0.490 e. The van der Waals surface area contributed by atoms with E-state index in [0.717, 1.165) is 43.4 Å². The van der Waals surface area contributed by atoms with Gasteiger partial charge in [0.25, 0.3) is 0 Å². The normalized spacial score (nSPS) is 18.9. The molecular formula is C30H44O5Si. The number of rotatable bonds is 12. The zero-order valence-corrected chi connectivity index (χ0v) is 23.9. The van der Waals surface area contributed by atoms with Crippen molar-refractivity contribution in [3.63, 3.8) is 0 Å². The Morgan fingerprint density at radius 2 is 1.94 bits per heavy atom. The van der Waals surface area contributed by atoms with Crippen molar-refractivity contribution in [3.8, 4) is 17.6 Å². The molecule has 0 saturated heterocycles. The molecule has 1 N–H and O–H groups in total. The summed E-state index contributed by atoms with van der Waals surface area (Å²) in [4.78, 5) is 11.4. The third-order valence-electron chi connectivity index (χ3n) is 6.86. The van der Waals surface area contributed by atoms with Crippen LogP contribution in [0.1, 0.15) is 66.2 Å². The molecule has 2 unspecified atom stereocenters. The second-order valence-electron chi connectivity index (χ2n) is 10.8. The SMILES string of the molecule is CCOC(=O)C=CCCCCC1=CCCC1(O)C#CC(COc1ccccc1)O[Si](C)(C)C(C)(C)C. The number of aliphatic hydroxyl groups is 1. The molecular weight excluding hydrogens is 468 g/mol. The Morgan fingerprint density at radius 3 is 2.61 bits per heavy atom. The fourth-order valence-electron chi connectivity index (χ4n) is 3.71. The van der Waals surface area contributed by atoms with Crippen molar-refractivity contribution in [1.29, 1.82) is 0 Å². The highest BCUT2D eigenvalue weighted by Gasteiger charge is 2.39. The first-order chi connectivity index (χ1) is 17.0. The van der Waals surface area contributed by atoms with E-state index in [9.17, 15) is 9.90 Å². The first-order valence-corrected chi connectivity index (χ1v) is 16.0. The Balaban J connectivity index is 2.03. The maximum absolute atomic E-state index is 11.4. The van der Waals surface area contributed by atoms with Gasteiger partial charge in [-0.2, -0.15) is 0 Å². The molecule has 2 atom stereocenters. The van der Waals surface area contributed by atoms with Crippen LogP contribution in [0.5, 0.6) is 5.75 Å². The molecule has 0 heterocycles. The van der Waals surface area contributed by atoms with Crippen molar-refractivity contribution in [2.75, 3.05) is 13.2 Å². The number of esters is 1. The molecule has 0 bridgehead atoms. The van der Waals surface area contributed by atoms with Crippen LogP contribution in [0.4, 0.5) is 0 Å². The summed E-state index contributed by atoms with van der Waals surface area (Å²) in [6.07, 6.45) is 9.88.